The van der Waals surface area contributed by atoms with E-state index in [1.165, 1.54) is 17.7 Å². The number of nitrogens with zero attached hydrogens (tertiary/aromatic N) is 4. The van der Waals surface area contributed by atoms with E-state index in [2.05, 4.69) is 10.3 Å². The van der Waals surface area contributed by atoms with Crippen molar-refractivity contribution in [2.45, 2.75) is 19.9 Å². The highest BCUT2D eigenvalue weighted by atomic mass is 19.1. The van der Waals surface area contributed by atoms with Crippen LogP contribution in [0.4, 0.5) is 4.39 Å². The molecule has 2 aromatic heterocycles. The number of hydrogen-bond donors (Lipinski definition) is 1. The second kappa shape index (κ2) is 8.95. The number of carbonyl (C=O) groups excluding carboxylic acids is 1. The number of aryl methyl sites for hydroxylation is 2. The number of benzene rings is 2. The molecule has 31 heavy (non-hydrogen) atoms. The Kier molecular flexibility index (Phi) is 5.93. The minimum Gasteiger partial charge on any atom is -0.354 e. The molecule has 7 heteroatoms. The summed E-state index contributed by atoms with van der Waals surface area (Å²) < 4.78 is 17.1. The molecule has 0 saturated heterocycles. The van der Waals surface area contributed by atoms with Crippen LogP contribution in [0.25, 0.3) is 22.6 Å². The highest BCUT2D eigenvalue weighted by molar-refractivity contribution is 5.79. The van der Waals surface area contributed by atoms with E-state index in [0.29, 0.717) is 25.2 Å². The van der Waals surface area contributed by atoms with Gasteiger partial charge in [-0.1, -0.05) is 42.0 Å². The van der Waals surface area contributed by atoms with Gasteiger partial charge in [-0.2, -0.15) is 5.10 Å². The summed E-state index contributed by atoms with van der Waals surface area (Å²) in [5.74, 6) is 0.409. The number of imidazole rings is 1. The van der Waals surface area contributed by atoms with Crippen LogP contribution in [-0.2, 0) is 24.8 Å². The van der Waals surface area contributed by atoms with E-state index in [1.807, 2.05) is 55.2 Å². The second-order valence-corrected chi connectivity index (χ2v) is 7.54. The quantitative estimate of drug-likeness (QED) is 0.498. The van der Waals surface area contributed by atoms with Gasteiger partial charge >= 0.3 is 0 Å². The highest BCUT2D eigenvalue weighted by Crippen LogP contribution is 2.30. The van der Waals surface area contributed by atoms with Crippen molar-refractivity contribution in [3.63, 3.8) is 0 Å². The van der Waals surface area contributed by atoms with E-state index >= 15 is 0 Å². The molecule has 0 atom stereocenters. The molecule has 2 heterocycles. The van der Waals surface area contributed by atoms with Gasteiger partial charge < -0.3 is 9.88 Å². The van der Waals surface area contributed by atoms with Crippen molar-refractivity contribution < 1.29 is 9.18 Å². The number of aromatic nitrogens is 4. The van der Waals surface area contributed by atoms with Crippen molar-refractivity contribution >= 4 is 5.91 Å². The lowest BCUT2D eigenvalue weighted by molar-refractivity contribution is -0.120. The van der Waals surface area contributed by atoms with Gasteiger partial charge in [0.1, 0.15) is 11.5 Å². The average molecular weight is 417 g/mol. The van der Waals surface area contributed by atoms with Gasteiger partial charge in [0.25, 0.3) is 0 Å². The van der Waals surface area contributed by atoms with Crippen LogP contribution in [0.15, 0.2) is 67.1 Å². The molecule has 0 aliphatic carbocycles. The lowest BCUT2D eigenvalue weighted by Gasteiger charge is -2.06. The molecule has 4 aromatic rings. The molecular weight excluding hydrogens is 393 g/mol. The Bertz CT molecular complexity index is 1180. The normalized spacial score (nSPS) is 10.9. The minimum absolute atomic E-state index is 0.0286. The molecular formula is C24H24FN5O. The van der Waals surface area contributed by atoms with Gasteiger partial charge in [-0.25, -0.2) is 9.37 Å². The molecule has 0 bridgehead atoms. The maximum atomic E-state index is 13.4. The number of halogens is 1. The molecule has 0 aliphatic heterocycles. The largest absolute Gasteiger partial charge is 0.354 e. The summed E-state index contributed by atoms with van der Waals surface area (Å²) in [6, 6.07) is 14.3. The summed E-state index contributed by atoms with van der Waals surface area (Å²) >= 11 is 0. The summed E-state index contributed by atoms with van der Waals surface area (Å²) in [6.45, 7) is 2.99. The van der Waals surface area contributed by atoms with Crippen LogP contribution in [0.1, 0.15) is 11.1 Å². The number of nitrogens with one attached hydrogen (secondary N) is 1. The average Bonchev–Trinajstić information content (AvgIpc) is 3.36. The van der Waals surface area contributed by atoms with E-state index in [-0.39, 0.29) is 11.7 Å². The van der Waals surface area contributed by atoms with E-state index in [1.54, 1.807) is 23.0 Å². The molecule has 0 spiro atoms. The fourth-order valence-electron chi connectivity index (χ4n) is 3.40. The first kappa shape index (κ1) is 20.5. The molecule has 0 saturated carbocycles. The summed E-state index contributed by atoms with van der Waals surface area (Å²) in [5, 5.41) is 7.64. The minimum atomic E-state index is -0.286. The number of rotatable bonds is 7. The fraction of sp³-hybridized carbons (Fsp3) is 0.208. The molecule has 1 amide bonds. The zero-order valence-corrected chi connectivity index (χ0v) is 17.5. The van der Waals surface area contributed by atoms with Crippen LogP contribution >= 0.6 is 0 Å². The van der Waals surface area contributed by atoms with E-state index < -0.39 is 0 Å². The van der Waals surface area contributed by atoms with Crippen LogP contribution in [0.3, 0.4) is 0 Å². The Balaban J connectivity index is 1.47. The van der Waals surface area contributed by atoms with Crippen molar-refractivity contribution in [2.24, 2.45) is 7.05 Å². The molecule has 4 rings (SSSR count). The van der Waals surface area contributed by atoms with Crippen LogP contribution in [-0.4, -0.2) is 31.8 Å². The first-order chi connectivity index (χ1) is 15.0. The molecule has 0 unspecified atom stereocenters. The zero-order chi connectivity index (χ0) is 21.8. The predicted octanol–water partition coefficient (Wildman–Crippen LogP) is 3.76. The van der Waals surface area contributed by atoms with Gasteiger partial charge in [0.05, 0.1) is 13.0 Å². The van der Waals surface area contributed by atoms with Gasteiger partial charge in [0, 0.05) is 37.7 Å². The van der Waals surface area contributed by atoms with Crippen molar-refractivity contribution in [1.82, 2.24) is 24.6 Å². The molecule has 0 fully saturated rings. The monoisotopic (exact) mass is 417 g/mol. The lowest BCUT2D eigenvalue weighted by Crippen LogP contribution is -2.28. The molecule has 1 N–H and O–H groups in total. The summed E-state index contributed by atoms with van der Waals surface area (Å²) in [7, 11) is 1.90. The van der Waals surface area contributed by atoms with Crippen molar-refractivity contribution in [3.05, 3.63) is 84.1 Å². The Labute approximate surface area is 180 Å². The second-order valence-electron chi connectivity index (χ2n) is 7.54. The summed E-state index contributed by atoms with van der Waals surface area (Å²) in [5.41, 5.74) is 4.58. The third-order valence-corrected chi connectivity index (χ3v) is 5.10. The molecule has 158 valence electrons. The fourth-order valence-corrected chi connectivity index (χ4v) is 3.40. The number of carbonyl (C=O) groups is 1. The van der Waals surface area contributed by atoms with E-state index in [9.17, 15) is 9.18 Å². The Hall–Kier alpha value is -3.74. The van der Waals surface area contributed by atoms with E-state index in [0.717, 1.165) is 22.5 Å². The van der Waals surface area contributed by atoms with Gasteiger partial charge in [0.15, 0.2) is 5.82 Å². The maximum Gasteiger partial charge on any atom is 0.224 e. The third-order valence-electron chi connectivity index (χ3n) is 5.10. The Morgan fingerprint density at radius 2 is 1.84 bits per heavy atom. The van der Waals surface area contributed by atoms with Crippen molar-refractivity contribution in [1.29, 1.82) is 0 Å². The van der Waals surface area contributed by atoms with Gasteiger partial charge in [-0.15, -0.1) is 0 Å². The van der Waals surface area contributed by atoms with Crippen LogP contribution in [0, 0.1) is 12.7 Å². The standard InChI is InChI=1S/C24H24FN5O/c1-17-3-5-18(6-4-17)15-22(31)26-12-14-30-16-21(19-7-9-20(25)10-8-19)23(28-30)24-27-11-13-29(24)2/h3-11,13,16H,12,14-15H2,1-2H3,(H,26,31). The maximum absolute atomic E-state index is 13.4. The molecule has 0 radical (unpaired) electrons. The van der Waals surface area contributed by atoms with Crippen LogP contribution < -0.4 is 5.32 Å². The first-order valence-electron chi connectivity index (χ1n) is 10.1. The van der Waals surface area contributed by atoms with Gasteiger partial charge in [-0.05, 0) is 30.2 Å². The first-order valence-corrected chi connectivity index (χ1v) is 10.1. The molecule has 0 aliphatic rings. The van der Waals surface area contributed by atoms with Crippen LogP contribution in [0.5, 0.6) is 0 Å². The SMILES string of the molecule is Cc1ccc(CC(=O)NCCn2cc(-c3ccc(F)cc3)c(-c3nccn3C)n2)cc1. The smallest absolute Gasteiger partial charge is 0.224 e. The Morgan fingerprint density at radius 3 is 2.52 bits per heavy atom. The molecule has 2 aromatic carbocycles. The van der Waals surface area contributed by atoms with Gasteiger partial charge in [-0.3, -0.25) is 9.48 Å². The highest BCUT2D eigenvalue weighted by Gasteiger charge is 2.17. The number of amides is 1. The zero-order valence-electron chi connectivity index (χ0n) is 17.5. The third kappa shape index (κ3) is 4.88. The number of hydrogen-bond acceptors (Lipinski definition) is 3. The van der Waals surface area contributed by atoms with Gasteiger partial charge in [0.2, 0.25) is 5.91 Å². The molecule has 6 nitrogen and oxygen atoms in total. The summed E-state index contributed by atoms with van der Waals surface area (Å²) in [6.07, 6.45) is 5.82. The predicted molar refractivity (Wildman–Crippen MR) is 118 cm³/mol. The Morgan fingerprint density at radius 1 is 1.10 bits per heavy atom. The summed E-state index contributed by atoms with van der Waals surface area (Å²) in [4.78, 5) is 16.7. The van der Waals surface area contributed by atoms with Crippen molar-refractivity contribution in [3.8, 4) is 22.6 Å². The van der Waals surface area contributed by atoms with Crippen LogP contribution in [0.2, 0.25) is 0 Å². The lowest BCUT2D eigenvalue weighted by atomic mass is 10.1. The van der Waals surface area contributed by atoms with E-state index in [4.69, 9.17) is 5.10 Å². The topological polar surface area (TPSA) is 64.7 Å². The van der Waals surface area contributed by atoms with Crippen molar-refractivity contribution in [2.75, 3.05) is 6.54 Å².